The minimum atomic E-state index is -4.30. The summed E-state index contributed by atoms with van der Waals surface area (Å²) in [5, 5.41) is 0.748. The Morgan fingerprint density at radius 3 is 2.53 bits per heavy atom. The predicted octanol–water partition coefficient (Wildman–Crippen LogP) is 3.83. The van der Waals surface area contributed by atoms with Gasteiger partial charge in [0.1, 0.15) is 0 Å². The fraction of sp³-hybridized carbons (Fsp3) is 0.0909. The maximum absolute atomic E-state index is 12.4. The van der Waals surface area contributed by atoms with Crippen molar-refractivity contribution >= 4 is 17.0 Å². The lowest BCUT2D eigenvalue weighted by molar-refractivity contribution is -0.137. The number of aromatic nitrogens is 1. The molecule has 4 heteroatoms. The molecule has 0 unspecified atom stereocenters. The highest BCUT2D eigenvalue weighted by Crippen LogP contribution is 2.31. The molecule has 0 saturated heterocycles. The van der Waals surface area contributed by atoms with Gasteiger partial charge in [-0.2, -0.15) is 13.2 Å². The van der Waals surface area contributed by atoms with Crippen molar-refractivity contribution in [2.75, 3.05) is 0 Å². The van der Waals surface area contributed by atoms with E-state index in [1.807, 2.05) is 0 Å². The van der Waals surface area contributed by atoms with Crippen molar-refractivity contribution in [3.05, 3.63) is 42.1 Å². The van der Waals surface area contributed by atoms with Crippen molar-refractivity contribution in [1.29, 1.82) is 0 Å². The second-order valence-corrected chi connectivity index (χ2v) is 3.23. The van der Waals surface area contributed by atoms with Crippen LogP contribution in [0.5, 0.6) is 0 Å². The summed E-state index contributed by atoms with van der Waals surface area (Å²) in [6, 6.07) is 5.37. The standard InChI is InChI=1S/C11H8F3N/c1-2-9-5-7-3-4-8(11(12,13)14)6-10(7)15-9/h2-6,15H,1H2. The first-order valence-electron chi connectivity index (χ1n) is 4.33. The van der Waals surface area contributed by atoms with Crippen LogP contribution in [0.4, 0.5) is 13.2 Å². The highest BCUT2D eigenvalue weighted by atomic mass is 19.4. The Bertz CT molecular complexity index is 508. The number of alkyl halides is 3. The third-order valence-corrected chi connectivity index (χ3v) is 2.19. The van der Waals surface area contributed by atoms with Crippen molar-refractivity contribution in [3.8, 4) is 0 Å². The summed E-state index contributed by atoms with van der Waals surface area (Å²) in [6.07, 6.45) is -2.74. The third-order valence-electron chi connectivity index (χ3n) is 2.19. The number of fused-ring (bicyclic) bond motifs is 1. The van der Waals surface area contributed by atoms with Crippen LogP contribution in [-0.2, 0) is 6.18 Å². The molecule has 78 valence electrons. The van der Waals surface area contributed by atoms with Crippen LogP contribution in [0.15, 0.2) is 30.8 Å². The quantitative estimate of drug-likeness (QED) is 0.737. The molecule has 0 saturated carbocycles. The Balaban J connectivity index is 2.60. The summed E-state index contributed by atoms with van der Waals surface area (Å²) < 4.78 is 37.1. The maximum atomic E-state index is 12.4. The number of hydrogen-bond donors (Lipinski definition) is 1. The summed E-state index contributed by atoms with van der Waals surface area (Å²) in [6.45, 7) is 3.54. The normalized spacial score (nSPS) is 11.9. The van der Waals surface area contributed by atoms with E-state index in [0.717, 1.165) is 17.5 Å². The average molecular weight is 211 g/mol. The molecule has 2 rings (SSSR count). The van der Waals surface area contributed by atoms with Crippen LogP contribution in [-0.4, -0.2) is 4.98 Å². The van der Waals surface area contributed by atoms with Crippen molar-refractivity contribution in [3.63, 3.8) is 0 Å². The van der Waals surface area contributed by atoms with Crippen LogP contribution >= 0.6 is 0 Å². The van der Waals surface area contributed by atoms with Gasteiger partial charge in [-0.05, 0) is 24.3 Å². The molecule has 0 aliphatic rings. The van der Waals surface area contributed by atoms with Gasteiger partial charge in [0.25, 0.3) is 0 Å². The first-order chi connectivity index (χ1) is 7.00. The van der Waals surface area contributed by atoms with E-state index < -0.39 is 11.7 Å². The SMILES string of the molecule is C=Cc1cc2ccc(C(F)(F)F)cc2[nH]1. The Labute approximate surface area is 84.2 Å². The number of halogens is 3. The minimum Gasteiger partial charge on any atom is -0.355 e. The van der Waals surface area contributed by atoms with Gasteiger partial charge in [-0.1, -0.05) is 12.6 Å². The van der Waals surface area contributed by atoms with E-state index in [2.05, 4.69) is 11.6 Å². The van der Waals surface area contributed by atoms with Crippen molar-refractivity contribution in [2.45, 2.75) is 6.18 Å². The smallest absolute Gasteiger partial charge is 0.355 e. The number of H-pyrrole nitrogens is 1. The van der Waals surface area contributed by atoms with Gasteiger partial charge in [-0.3, -0.25) is 0 Å². The molecule has 0 bridgehead atoms. The van der Waals surface area contributed by atoms with Crippen molar-refractivity contribution in [2.24, 2.45) is 0 Å². The third kappa shape index (κ3) is 1.75. The lowest BCUT2D eigenvalue weighted by Crippen LogP contribution is -2.03. The van der Waals surface area contributed by atoms with Crippen LogP contribution in [0.2, 0.25) is 0 Å². The molecule has 0 fully saturated rings. The summed E-state index contributed by atoms with van der Waals surface area (Å²) in [5.41, 5.74) is 0.538. The molecule has 0 amide bonds. The lowest BCUT2D eigenvalue weighted by atomic mass is 10.1. The van der Waals surface area contributed by atoms with Gasteiger partial charge < -0.3 is 4.98 Å². The number of rotatable bonds is 1. The molecule has 1 nitrogen and oxygen atoms in total. The summed E-state index contributed by atoms with van der Waals surface area (Å²) in [4.78, 5) is 2.84. The molecule has 1 heterocycles. The van der Waals surface area contributed by atoms with Gasteiger partial charge in [0.2, 0.25) is 0 Å². The second-order valence-electron chi connectivity index (χ2n) is 3.23. The van der Waals surface area contributed by atoms with E-state index in [0.29, 0.717) is 11.2 Å². The van der Waals surface area contributed by atoms with Crippen LogP contribution in [0, 0.1) is 0 Å². The monoisotopic (exact) mass is 211 g/mol. The van der Waals surface area contributed by atoms with Gasteiger partial charge in [0.05, 0.1) is 5.56 Å². The maximum Gasteiger partial charge on any atom is 0.416 e. The van der Waals surface area contributed by atoms with E-state index in [1.165, 1.54) is 6.07 Å². The van der Waals surface area contributed by atoms with E-state index in [-0.39, 0.29) is 0 Å². The van der Waals surface area contributed by atoms with Gasteiger partial charge in [-0.15, -0.1) is 0 Å². The van der Waals surface area contributed by atoms with Crippen LogP contribution in [0.3, 0.4) is 0 Å². The zero-order valence-corrected chi connectivity index (χ0v) is 7.73. The first kappa shape index (κ1) is 9.83. The van der Waals surface area contributed by atoms with Crippen LogP contribution < -0.4 is 0 Å². The fourth-order valence-electron chi connectivity index (χ4n) is 1.44. The van der Waals surface area contributed by atoms with E-state index in [9.17, 15) is 13.2 Å². The first-order valence-corrected chi connectivity index (χ1v) is 4.33. The molecular weight excluding hydrogens is 203 g/mol. The molecule has 0 radical (unpaired) electrons. The summed E-state index contributed by atoms with van der Waals surface area (Å²) >= 11 is 0. The Kier molecular flexibility index (Phi) is 2.07. The molecular formula is C11H8F3N. The molecule has 15 heavy (non-hydrogen) atoms. The number of benzene rings is 1. The molecule has 0 aliphatic heterocycles. The van der Waals surface area contributed by atoms with Gasteiger partial charge >= 0.3 is 6.18 Å². The highest BCUT2D eigenvalue weighted by Gasteiger charge is 2.30. The van der Waals surface area contributed by atoms with Crippen LogP contribution in [0.1, 0.15) is 11.3 Å². The topological polar surface area (TPSA) is 15.8 Å². The zero-order chi connectivity index (χ0) is 11.1. The lowest BCUT2D eigenvalue weighted by Gasteiger charge is -2.05. The molecule has 0 atom stereocenters. The van der Waals surface area contributed by atoms with E-state index in [1.54, 1.807) is 12.1 Å². The van der Waals surface area contributed by atoms with Crippen molar-refractivity contribution in [1.82, 2.24) is 4.98 Å². The molecule has 1 aromatic heterocycles. The number of nitrogens with one attached hydrogen (secondary N) is 1. The fourth-order valence-corrected chi connectivity index (χ4v) is 1.44. The molecule has 0 aliphatic carbocycles. The minimum absolute atomic E-state index is 0.472. The Morgan fingerprint density at radius 1 is 1.20 bits per heavy atom. The highest BCUT2D eigenvalue weighted by molar-refractivity contribution is 5.83. The molecule has 1 aromatic carbocycles. The predicted molar refractivity (Wildman–Crippen MR) is 53.4 cm³/mol. The molecule has 1 N–H and O–H groups in total. The second kappa shape index (κ2) is 3.15. The Morgan fingerprint density at radius 2 is 1.93 bits per heavy atom. The van der Waals surface area contributed by atoms with Crippen molar-refractivity contribution < 1.29 is 13.2 Å². The zero-order valence-electron chi connectivity index (χ0n) is 7.73. The summed E-state index contributed by atoms with van der Waals surface area (Å²) in [7, 11) is 0. The largest absolute Gasteiger partial charge is 0.416 e. The van der Waals surface area contributed by atoms with Crippen LogP contribution in [0.25, 0.3) is 17.0 Å². The molecule has 0 spiro atoms. The van der Waals surface area contributed by atoms with Gasteiger partial charge in [0, 0.05) is 16.6 Å². The number of aromatic amines is 1. The average Bonchev–Trinajstić information content (AvgIpc) is 2.57. The van der Waals surface area contributed by atoms with Gasteiger partial charge in [-0.25, -0.2) is 0 Å². The van der Waals surface area contributed by atoms with E-state index >= 15 is 0 Å². The summed E-state index contributed by atoms with van der Waals surface area (Å²) in [5.74, 6) is 0. The Hall–Kier alpha value is -1.71. The van der Waals surface area contributed by atoms with E-state index in [4.69, 9.17) is 0 Å². The van der Waals surface area contributed by atoms with Gasteiger partial charge in [0.15, 0.2) is 0 Å². The number of hydrogen-bond acceptors (Lipinski definition) is 0. The molecule has 2 aromatic rings.